The summed E-state index contributed by atoms with van der Waals surface area (Å²) in [5.74, 6) is -0.103. The first kappa shape index (κ1) is 14.1. The Morgan fingerprint density at radius 1 is 1.42 bits per heavy atom. The van der Waals surface area contributed by atoms with Gasteiger partial charge in [0.15, 0.2) is 0 Å². The van der Waals surface area contributed by atoms with Gasteiger partial charge in [-0.25, -0.2) is 0 Å². The Morgan fingerprint density at radius 2 is 2.11 bits per heavy atom. The minimum absolute atomic E-state index is 0.0185. The molecule has 19 heavy (non-hydrogen) atoms. The molecule has 1 unspecified atom stereocenters. The second kappa shape index (κ2) is 4.96. The summed E-state index contributed by atoms with van der Waals surface area (Å²) in [7, 11) is 0. The molecule has 1 N–H and O–H groups in total. The lowest BCUT2D eigenvalue weighted by molar-refractivity contribution is -0.153. The average molecular weight is 280 g/mol. The van der Waals surface area contributed by atoms with Gasteiger partial charge in [0.2, 0.25) is 11.8 Å². The van der Waals surface area contributed by atoms with Crippen LogP contribution in [0.5, 0.6) is 0 Å². The zero-order valence-corrected chi connectivity index (χ0v) is 12.6. The summed E-state index contributed by atoms with van der Waals surface area (Å²) in [6, 6.07) is 1.68. The Hall–Kier alpha value is -1.36. The van der Waals surface area contributed by atoms with Crippen molar-refractivity contribution in [3.63, 3.8) is 0 Å². The lowest BCUT2D eigenvalue weighted by Gasteiger charge is -2.41. The van der Waals surface area contributed by atoms with Gasteiger partial charge in [0, 0.05) is 4.88 Å². The molecule has 4 nitrogen and oxygen atoms in total. The maximum absolute atomic E-state index is 12.4. The van der Waals surface area contributed by atoms with E-state index in [0.717, 1.165) is 6.42 Å². The number of thiophene rings is 1. The van der Waals surface area contributed by atoms with Crippen LogP contribution in [-0.2, 0) is 22.6 Å². The lowest BCUT2D eigenvalue weighted by Crippen LogP contribution is -2.66. The Balaban J connectivity index is 2.26. The second-order valence-electron chi connectivity index (χ2n) is 5.45. The van der Waals surface area contributed by atoms with E-state index in [1.807, 2.05) is 5.38 Å². The van der Waals surface area contributed by atoms with Crippen molar-refractivity contribution in [2.45, 2.75) is 52.2 Å². The van der Waals surface area contributed by atoms with Gasteiger partial charge in [-0.05, 0) is 44.2 Å². The molecule has 0 saturated carbocycles. The Labute approximate surface area is 117 Å². The predicted molar refractivity (Wildman–Crippen MR) is 75.9 cm³/mol. The van der Waals surface area contributed by atoms with E-state index in [1.165, 1.54) is 10.4 Å². The molecule has 1 aromatic rings. The quantitative estimate of drug-likeness (QED) is 0.920. The van der Waals surface area contributed by atoms with E-state index in [1.54, 1.807) is 37.0 Å². The third-order valence-corrected chi connectivity index (χ3v) is 4.56. The van der Waals surface area contributed by atoms with Crippen molar-refractivity contribution in [1.29, 1.82) is 0 Å². The molecule has 0 radical (unpaired) electrons. The fraction of sp³-hybridized carbons (Fsp3) is 0.571. The highest BCUT2D eigenvalue weighted by atomic mass is 32.1. The summed E-state index contributed by atoms with van der Waals surface area (Å²) >= 11 is 1.65. The third-order valence-electron chi connectivity index (χ3n) is 3.61. The fourth-order valence-electron chi connectivity index (χ4n) is 2.33. The molecule has 0 bridgehead atoms. The van der Waals surface area contributed by atoms with Crippen molar-refractivity contribution in [3.8, 4) is 0 Å². The normalized spacial score (nSPS) is 22.5. The summed E-state index contributed by atoms with van der Waals surface area (Å²) in [5.41, 5.74) is 0.446. The van der Waals surface area contributed by atoms with Crippen LogP contribution >= 0.6 is 11.3 Å². The van der Waals surface area contributed by atoms with E-state index in [2.05, 4.69) is 18.3 Å². The average Bonchev–Trinajstić information content (AvgIpc) is 2.79. The topological polar surface area (TPSA) is 49.4 Å². The van der Waals surface area contributed by atoms with E-state index in [0.29, 0.717) is 6.54 Å². The molecule has 2 heterocycles. The summed E-state index contributed by atoms with van der Waals surface area (Å²) in [6.45, 7) is 7.91. The van der Waals surface area contributed by atoms with Gasteiger partial charge in [-0.1, -0.05) is 6.92 Å². The van der Waals surface area contributed by atoms with Gasteiger partial charge in [-0.3, -0.25) is 9.59 Å². The largest absolute Gasteiger partial charge is 0.340 e. The number of amides is 2. The van der Waals surface area contributed by atoms with Crippen LogP contribution in [0, 0.1) is 0 Å². The van der Waals surface area contributed by atoms with Crippen LogP contribution in [0.15, 0.2) is 11.4 Å². The molecule has 1 fully saturated rings. The predicted octanol–water partition coefficient (Wildman–Crippen LogP) is 1.94. The van der Waals surface area contributed by atoms with Crippen LogP contribution in [0.2, 0.25) is 0 Å². The molecule has 104 valence electrons. The zero-order chi connectivity index (χ0) is 14.2. The number of hydrogen-bond acceptors (Lipinski definition) is 3. The van der Waals surface area contributed by atoms with Crippen molar-refractivity contribution >= 4 is 23.2 Å². The van der Waals surface area contributed by atoms with Gasteiger partial charge in [0.25, 0.3) is 0 Å². The molecule has 1 atom stereocenters. The van der Waals surface area contributed by atoms with Crippen molar-refractivity contribution in [1.82, 2.24) is 10.2 Å². The third kappa shape index (κ3) is 2.52. The van der Waals surface area contributed by atoms with Crippen LogP contribution in [0.1, 0.15) is 38.1 Å². The van der Waals surface area contributed by atoms with Crippen molar-refractivity contribution in [3.05, 3.63) is 21.9 Å². The first-order chi connectivity index (χ1) is 8.86. The highest BCUT2D eigenvalue weighted by Crippen LogP contribution is 2.25. The molecule has 1 aromatic heterocycles. The number of rotatable bonds is 3. The van der Waals surface area contributed by atoms with E-state index >= 15 is 0 Å². The van der Waals surface area contributed by atoms with Crippen LogP contribution in [0.25, 0.3) is 0 Å². The first-order valence-electron chi connectivity index (χ1n) is 6.55. The molecule has 1 aliphatic rings. The summed E-state index contributed by atoms with van der Waals surface area (Å²) in [5, 5.41) is 4.81. The van der Waals surface area contributed by atoms with E-state index in [9.17, 15) is 9.59 Å². The molecule has 0 spiro atoms. The molecule has 5 heteroatoms. The monoisotopic (exact) mass is 280 g/mol. The molecular weight excluding hydrogens is 260 g/mol. The molecule has 1 saturated heterocycles. The standard InChI is InChI=1S/C14H20N2O2S/c1-5-10-6-7-19-11(10)8-16-9(2)12(17)15-14(3,4)13(16)18/h6-7,9H,5,8H2,1-4H3,(H,15,17). The highest BCUT2D eigenvalue weighted by molar-refractivity contribution is 7.10. The van der Waals surface area contributed by atoms with Crippen LogP contribution in [0.3, 0.4) is 0 Å². The van der Waals surface area contributed by atoms with Crippen LogP contribution < -0.4 is 5.32 Å². The van der Waals surface area contributed by atoms with Crippen LogP contribution in [0.4, 0.5) is 0 Å². The Kier molecular flexibility index (Phi) is 3.67. The molecule has 0 aromatic carbocycles. The van der Waals surface area contributed by atoms with Gasteiger partial charge in [0.05, 0.1) is 6.54 Å². The van der Waals surface area contributed by atoms with Crippen molar-refractivity contribution in [2.75, 3.05) is 0 Å². The van der Waals surface area contributed by atoms with Gasteiger partial charge < -0.3 is 10.2 Å². The van der Waals surface area contributed by atoms with Crippen LogP contribution in [-0.4, -0.2) is 28.3 Å². The Bertz CT molecular complexity index is 507. The van der Waals surface area contributed by atoms with E-state index < -0.39 is 11.6 Å². The van der Waals surface area contributed by atoms with Gasteiger partial charge in [-0.15, -0.1) is 11.3 Å². The van der Waals surface area contributed by atoms with Crippen molar-refractivity contribution in [2.24, 2.45) is 0 Å². The summed E-state index contributed by atoms with van der Waals surface area (Å²) < 4.78 is 0. The van der Waals surface area contributed by atoms with Crippen molar-refractivity contribution < 1.29 is 9.59 Å². The number of nitrogens with one attached hydrogen (secondary N) is 1. The molecule has 2 amide bonds. The number of nitrogens with zero attached hydrogens (tertiary/aromatic N) is 1. The molecule has 2 rings (SSSR count). The fourth-order valence-corrected chi connectivity index (χ4v) is 3.30. The number of piperazine rings is 1. The maximum Gasteiger partial charge on any atom is 0.248 e. The Morgan fingerprint density at radius 3 is 2.74 bits per heavy atom. The number of carbonyl (C=O) groups excluding carboxylic acids is 2. The smallest absolute Gasteiger partial charge is 0.248 e. The first-order valence-corrected chi connectivity index (χ1v) is 7.43. The van der Waals surface area contributed by atoms with Gasteiger partial charge >= 0.3 is 0 Å². The minimum atomic E-state index is -0.812. The molecular formula is C14H20N2O2S. The van der Waals surface area contributed by atoms with E-state index in [4.69, 9.17) is 0 Å². The highest BCUT2D eigenvalue weighted by Gasteiger charge is 2.43. The number of carbonyl (C=O) groups is 2. The number of aryl methyl sites for hydroxylation is 1. The summed E-state index contributed by atoms with van der Waals surface area (Å²) in [6.07, 6.45) is 0.949. The van der Waals surface area contributed by atoms with Gasteiger partial charge in [-0.2, -0.15) is 0 Å². The minimum Gasteiger partial charge on any atom is -0.340 e. The van der Waals surface area contributed by atoms with Gasteiger partial charge in [0.1, 0.15) is 11.6 Å². The second-order valence-corrected chi connectivity index (χ2v) is 6.45. The summed E-state index contributed by atoms with van der Waals surface area (Å²) in [4.78, 5) is 27.3. The maximum atomic E-state index is 12.4. The lowest BCUT2D eigenvalue weighted by atomic mass is 9.97. The molecule has 0 aliphatic carbocycles. The van der Waals surface area contributed by atoms with E-state index in [-0.39, 0.29) is 11.8 Å². The molecule has 1 aliphatic heterocycles. The number of hydrogen-bond donors (Lipinski definition) is 1. The zero-order valence-electron chi connectivity index (χ0n) is 11.8. The SMILES string of the molecule is CCc1ccsc1CN1C(=O)C(C)(C)NC(=O)C1C.